The molecular weight excluding hydrogens is 324 g/mol. The molecule has 0 spiro atoms. The molecule has 2 aromatic carbocycles. The molecule has 0 saturated carbocycles. The second-order valence-electron chi connectivity index (χ2n) is 3.79. The van der Waals surface area contributed by atoms with Crippen molar-refractivity contribution in [1.82, 2.24) is 0 Å². The quantitative estimate of drug-likeness (QED) is 0.865. The normalized spacial score (nSPS) is 12.5. The van der Waals surface area contributed by atoms with E-state index in [1.54, 1.807) is 18.2 Å². The van der Waals surface area contributed by atoms with Crippen LogP contribution in [0.3, 0.4) is 0 Å². The van der Waals surface area contributed by atoms with Crippen LogP contribution in [-0.2, 0) is 0 Å². The Balaban J connectivity index is 2.44. The molecule has 0 saturated heterocycles. The molecule has 1 nitrogen and oxygen atoms in total. The van der Waals surface area contributed by atoms with E-state index in [9.17, 15) is 8.78 Å². The minimum Gasteiger partial charge on any atom is -0.320 e. The molecule has 0 fully saturated rings. The summed E-state index contributed by atoms with van der Waals surface area (Å²) < 4.78 is 27.4. The number of halogens is 4. The summed E-state index contributed by atoms with van der Waals surface area (Å²) >= 11 is 9.13. The van der Waals surface area contributed by atoms with E-state index in [4.69, 9.17) is 17.3 Å². The standard InChI is InChI=1S/C13H9BrClF2N/c14-9-6-7(4-5-10(9)15)13(18)8-2-1-3-11(16)12(8)17/h1-6,13H,18H2. The first-order valence-electron chi connectivity index (χ1n) is 5.15. The van der Waals surface area contributed by atoms with Crippen LogP contribution in [-0.4, -0.2) is 0 Å². The van der Waals surface area contributed by atoms with Crippen LogP contribution in [0.25, 0.3) is 0 Å². The molecule has 2 rings (SSSR count). The summed E-state index contributed by atoms with van der Waals surface area (Å²) in [5.41, 5.74) is 6.70. The minimum absolute atomic E-state index is 0.115. The van der Waals surface area contributed by atoms with Gasteiger partial charge in [-0.3, -0.25) is 0 Å². The highest BCUT2D eigenvalue weighted by Gasteiger charge is 2.16. The summed E-state index contributed by atoms with van der Waals surface area (Å²) in [5, 5.41) is 0.533. The van der Waals surface area contributed by atoms with Crippen LogP contribution in [0.1, 0.15) is 17.2 Å². The second kappa shape index (κ2) is 5.34. The van der Waals surface area contributed by atoms with Gasteiger partial charge in [0.25, 0.3) is 0 Å². The van der Waals surface area contributed by atoms with Crippen molar-refractivity contribution in [1.29, 1.82) is 0 Å². The lowest BCUT2D eigenvalue weighted by molar-refractivity contribution is 0.494. The number of nitrogens with two attached hydrogens (primary N) is 1. The highest BCUT2D eigenvalue weighted by atomic mass is 79.9. The summed E-state index contributed by atoms with van der Waals surface area (Å²) in [5.74, 6) is -1.83. The van der Waals surface area contributed by atoms with Gasteiger partial charge >= 0.3 is 0 Å². The number of hydrogen-bond acceptors (Lipinski definition) is 1. The van der Waals surface area contributed by atoms with Crippen molar-refractivity contribution in [2.24, 2.45) is 5.73 Å². The summed E-state index contributed by atoms with van der Waals surface area (Å²) in [4.78, 5) is 0. The Morgan fingerprint density at radius 1 is 1.17 bits per heavy atom. The van der Waals surface area contributed by atoms with Crippen LogP contribution in [0.15, 0.2) is 40.9 Å². The van der Waals surface area contributed by atoms with Gasteiger partial charge in [0.1, 0.15) is 0 Å². The van der Waals surface area contributed by atoms with Gasteiger partial charge in [-0.05, 0) is 39.7 Å². The minimum atomic E-state index is -0.920. The Morgan fingerprint density at radius 3 is 2.56 bits per heavy atom. The van der Waals surface area contributed by atoms with E-state index < -0.39 is 17.7 Å². The zero-order valence-corrected chi connectivity index (χ0v) is 11.5. The van der Waals surface area contributed by atoms with Gasteiger partial charge in [-0.2, -0.15) is 0 Å². The van der Waals surface area contributed by atoms with Crippen molar-refractivity contribution < 1.29 is 8.78 Å². The van der Waals surface area contributed by atoms with E-state index >= 15 is 0 Å². The fourth-order valence-corrected chi connectivity index (χ4v) is 2.16. The second-order valence-corrected chi connectivity index (χ2v) is 5.06. The predicted molar refractivity (Wildman–Crippen MR) is 71.5 cm³/mol. The fraction of sp³-hybridized carbons (Fsp3) is 0.0769. The Bertz CT molecular complexity index is 589. The van der Waals surface area contributed by atoms with Gasteiger partial charge < -0.3 is 5.73 Å². The van der Waals surface area contributed by atoms with E-state index in [0.29, 0.717) is 15.1 Å². The zero-order valence-electron chi connectivity index (χ0n) is 9.13. The largest absolute Gasteiger partial charge is 0.320 e. The molecule has 94 valence electrons. The summed E-state index contributed by atoms with van der Waals surface area (Å²) in [7, 11) is 0. The van der Waals surface area contributed by atoms with E-state index in [2.05, 4.69) is 15.9 Å². The average molecular weight is 333 g/mol. The molecule has 2 N–H and O–H groups in total. The van der Waals surface area contributed by atoms with Crippen LogP contribution in [0.4, 0.5) is 8.78 Å². The van der Waals surface area contributed by atoms with Gasteiger partial charge in [0, 0.05) is 10.0 Å². The van der Waals surface area contributed by atoms with Crippen LogP contribution >= 0.6 is 27.5 Å². The lowest BCUT2D eigenvalue weighted by Crippen LogP contribution is -2.14. The van der Waals surface area contributed by atoms with Crippen molar-refractivity contribution in [3.8, 4) is 0 Å². The maximum Gasteiger partial charge on any atom is 0.163 e. The first-order chi connectivity index (χ1) is 8.50. The van der Waals surface area contributed by atoms with Crippen molar-refractivity contribution in [2.75, 3.05) is 0 Å². The first kappa shape index (κ1) is 13.5. The van der Waals surface area contributed by atoms with Gasteiger partial charge in [0.2, 0.25) is 0 Å². The van der Waals surface area contributed by atoms with E-state index in [-0.39, 0.29) is 5.56 Å². The predicted octanol–water partition coefficient (Wildman–Crippen LogP) is 4.43. The molecule has 1 atom stereocenters. The third kappa shape index (κ3) is 2.55. The summed E-state index contributed by atoms with van der Waals surface area (Å²) in [6.07, 6.45) is 0. The smallest absolute Gasteiger partial charge is 0.163 e. The molecule has 0 amide bonds. The molecule has 0 radical (unpaired) electrons. The average Bonchev–Trinajstić information content (AvgIpc) is 2.35. The monoisotopic (exact) mass is 331 g/mol. The van der Waals surface area contributed by atoms with Crippen LogP contribution in [0, 0.1) is 11.6 Å². The Morgan fingerprint density at radius 2 is 1.89 bits per heavy atom. The number of rotatable bonds is 2. The fourth-order valence-electron chi connectivity index (χ4n) is 1.65. The zero-order chi connectivity index (χ0) is 13.3. The van der Waals surface area contributed by atoms with E-state index in [0.717, 1.165) is 6.07 Å². The lowest BCUT2D eigenvalue weighted by atomic mass is 9.99. The van der Waals surface area contributed by atoms with Crippen LogP contribution in [0.5, 0.6) is 0 Å². The lowest BCUT2D eigenvalue weighted by Gasteiger charge is -2.14. The van der Waals surface area contributed by atoms with Crippen molar-refractivity contribution in [2.45, 2.75) is 6.04 Å². The Hall–Kier alpha value is -0.970. The van der Waals surface area contributed by atoms with Gasteiger partial charge in [-0.1, -0.05) is 29.8 Å². The molecule has 0 aliphatic carbocycles. The van der Waals surface area contributed by atoms with Gasteiger partial charge in [0.05, 0.1) is 11.1 Å². The Labute approximate surface area is 117 Å². The molecular formula is C13H9BrClF2N. The molecule has 5 heteroatoms. The van der Waals surface area contributed by atoms with E-state index in [1.165, 1.54) is 12.1 Å². The summed E-state index contributed by atoms with van der Waals surface area (Å²) in [6.45, 7) is 0. The first-order valence-corrected chi connectivity index (χ1v) is 6.32. The molecule has 0 heterocycles. The molecule has 0 bridgehead atoms. The van der Waals surface area contributed by atoms with Crippen LogP contribution in [0.2, 0.25) is 5.02 Å². The molecule has 0 aliphatic heterocycles. The van der Waals surface area contributed by atoms with Gasteiger partial charge in [-0.15, -0.1) is 0 Å². The Kier molecular flexibility index (Phi) is 4.00. The van der Waals surface area contributed by atoms with Gasteiger partial charge in [-0.25, -0.2) is 8.78 Å². The highest BCUT2D eigenvalue weighted by molar-refractivity contribution is 9.10. The number of benzene rings is 2. The SMILES string of the molecule is NC(c1ccc(Cl)c(Br)c1)c1cccc(F)c1F. The van der Waals surface area contributed by atoms with E-state index in [1.807, 2.05) is 0 Å². The van der Waals surface area contributed by atoms with Crippen LogP contribution < -0.4 is 5.73 Å². The molecule has 0 aliphatic rings. The molecule has 2 aromatic rings. The maximum absolute atomic E-state index is 13.6. The third-order valence-electron chi connectivity index (χ3n) is 2.62. The molecule has 1 unspecified atom stereocenters. The van der Waals surface area contributed by atoms with Crippen molar-refractivity contribution in [3.63, 3.8) is 0 Å². The molecule has 0 aromatic heterocycles. The van der Waals surface area contributed by atoms with Gasteiger partial charge in [0.15, 0.2) is 11.6 Å². The number of hydrogen-bond donors (Lipinski definition) is 1. The van der Waals surface area contributed by atoms with Crippen molar-refractivity contribution >= 4 is 27.5 Å². The van der Waals surface area contributed by atoms with Crippen molar-refractivity contribution in [3.05, 3.63) is 68.7 Å². The maximum atomic E-state index is 13.6. The highest BCUT2D eigenvalue weighted by Crippen LogP contribution is 2.29. The third-order valence-corrected chi connectivity index (χ3v) is 3.83. The topological polar surface area (TPSA) is 26.0 Å². The molecule has 18 heavy (non-hydrogen) atoms. The summed E-state index contributed by atoms with van der Waals surface area (Å²) in [6, 6.07) is 8.24.